The summed E-state index contributed by atoms with van der Waals surface area (Å²) in [5, 5.41) is 20.8. The molecule has 0 aliphatic rings. The summed E-state index contributed by atoms with van der Waals surface area (Å²) in [4.78, 5) is 11.1. The van der Waals surface area contributed by atoms with Crippen molar-refractivity contribution in [2.75, 3.05) is 10.6 Å². The van der Waals surface area contributed by atoms with Crippen LogP contribution in [-0.2, 0) is 0 Å². The lowest BCUT2D eigenvalue weighted by Gasteiger charge is -2.11. The van der Waals surface area contributed by atoms with Crippen LogP contribution in [0.4, 0.5) is 28.4 Å². The quantitative estimate of drug-likeness (QED) is 0.127. The molecule has 8 aromatic rings. The van der Waals surface area contributed by atoms with Gasteiger partial charge in [-0.1, -0.05) is 72.8 Å². The van der Waals surface area contributed by atoms with E-state index in [1.165, 1.54) is 22.3 Å². The molecule has 0 spiro atoms. The predicted molar refractivity (Wildman–Crippen MR) is 207 cm³/mol. The van der Waals surface area contributed by atoms with Crippen molar-refractivity contribution in [3.05, 3.63) is 179 Å². The lowest BCUT2D eigenvalue weighted by atomic mass is 10.0. The highest BCUT2D eigenvalue weighted by atomic mass is 16.6. The van der Waals surface area contributed by atoms with Crippen molar-refractivity contribution in [2.24, 2.45) is 0 Å². The van der Waals surface area contributed by atoms with Gasteiger partial charge in [0.1, 0.15) is 0 Å². The fourth-order valence-electron chi connectivity index (χ4n) is 6.84. The van der Waals surface area contributed by atoms with E-state index in [1.54, 1.807) is 12.1 Å². The Morgan fingerprint density at radius 3 is 1.42 bits per heavy atom. The van der Waals surface area contributed by atoms with Crippen molar-refractivity contribution in [3.8, 4) is 27.9 Å². The number of nitro benzene ring substituents is 1. The van der Waals surface area contributed by atoms with Gasteiger partial charge < -0.3 is 15.2 Å². The standard InChI is InChI=1S/C44H34N4O2/c1-29-9-3-5-15-39(29)31-11-7-13-33(25-31)45-35-17-23-43-41(27-35)42-28-36(18-24-44(42)47(43)37-19-21-38(22-20-37)48(49)50)46-34-14-8-12-32(26-34)40-16-6-4-10-30(40)2/h3-28,45-46H,1-2H3. The predicted octanol–water partition coefficient (Wildman–Crippen LogP) is 12.1. The highest BCUT2D eigenvalue weighted by Gasteiger charge is 2.16. The molecule has 0 radical (unpaired) electrons. The largest absolute Gasteiger partial charge is 0.355 e. The Hall–Kier alpha value is -6.66. The molecule has 0 fully saturated rings. The number of aromatic nitrogens is 1. The van der Waals surface area contributed by atoms with E-state index < -0.39 is 0 Å². The molecule has 7 aromatic carbocycles. The number of non-ortho nitro benzene ring substituents is 1. The molecule has 0 amide bonds. The molecular formula is C44H34N4O2. The van der Waals surface area contributed by atoms with E-state index in [0.29, 0.717) is 0 Å². The lowest BCUT2D eigenvalue weighted by Crippen LogP contribution is -1.96. The van der Waals surface area contributed by atoms with E-state index in [2.05, 4.69) is 163 Å². The fraction of sp³-hybridized carbons (Fsp3) is 0.0455. The van der Waals surface area contributed by atoms with Crippen LogP contribution in [0.1, 0.15) is 11.1 Å². The number of aryl methyl sites for hydroxylation is 2. The van der Waals surface area contributed by atoms with Gasteiger partial charge in [-0.25, -0.2) is 0 Å². The normalized spacial score (nSPS) is 11.2. The molecule has 242 valence electrons. The van der Waals surface area contributed by atoms with Gasteiger partial charge in [-0.2, -0.15) is 0 Å². The van der Waals surface area contributed by atoms with Gasteiger partial charge in [-0.15, -0.1) is 0 Å². The third kappa shape index (κ3) is 5.84. The molecule has 2 N–H and O–H groups in total. The number of hydrogen-bond acceptors (Lipinski definition) is 4. The number of anilines is 4. The van der Waals surface area contributed by atoms with Crippen molar-refractivity contribution in [2.45, 2.75) is 13.8 Å². The van der Waals surface area contributed by atoms with Crippen molar-refractivity contribution in [3.63, 3.8) is 0 Å². The molecule has 0 unspecified atom stereocenters. The van der Waals surface area contributed by atoms with E-state index in [4.69, 9.17) is 0 Å². The van der Waals surface area contributed by atoms with E-state index in [9.17, 15) is 10.1 Å². The van der Waals surface area contributed by atoms with Crippen molar-refractivity contribution < 1.29 is 4.92 Å². The third-order valence-corrected chi connectivity index (χ3v) is 9.30. The lowest BCUT2D eigenvalue weighted by molar-refractivity contribution is -0.384. The second-order valence-corrected chi connectivity index (χ2v) is 12.6. The van der Waals surface area contributed by atoms with Gasteiger partial charge in [0.2, 0.25) is 0 Å². The Bertz CT molecular complexity index is 2400. The van der Waals surface area contributed by atoms with Crippen LogP contribution in [0.3, 0.4) is 0 Å². The SMILES string of the molecule is Cc1ccccc1-c1cccc(Nc2ccc3c(c2)c2cc(Nc4cccc(-c5ccccc5C)c4)ccc2n3-c2ccc([N+](=O)[O-])cc2)c1. The molecule has 6 heteroatoms. The van der Waals surface area contributed by atoms with Crippen LogP contribution in [0, 0.1) is 24.0 Å². The van der Waals surface area contributed by atoms with Gasteiger partial charge in [0.25, 0.3) is 5.69 Å². The molecule has 50 heavy (non-hydrogen) atoms. The summed E-state index contributed by atoms with van der Waals surface area (Å²) in [6.07, 6.45) is 0. The van der Waals surface area contributed by atoms with Crippen LogP contribution in [0.2, 0.25) is 0 Å². The van der Waals surface area contributed by atoms with Gasteiger partial charge >= 0.3 is 0 Å². The average molecular weight is 651 g/mol. The maximum atomic E-state index is 11.4. The molecule has 0 saturated heterocycles. The molecule has 0 aliphatic carbocycles. The monoisotopic (exact) mass is 650 g/mol. The Labute approximate surface area is 290 Å². The van der Waals surface area contributed by atoms with Gasteiger partial charge in [0.05, 0.1) is 16.0 Å². The van der Waals surface area contributed by atoms with Crippen LogP contribution in [0.15, 0.2) is 158 Å². The van der Waals surface area contributed by atoms with E-state index in [0.717, 1.165) is 61.4 Å². The highest BCUT2D eigenvalue weighted by Crippen LogP contribution is 2.37. The fourth-order valence-corrected chi connectivity index (χ4v) is 6.84. The summed E-state index contributed by atoms with van der Waals surface area (Å²) in [7, 11) is 0. The molecule has 0 aliphatic heterocycles. The zero-order valence-electron chi connectivity index (χ0n) is 27.7. The zero-order chi connectivity index (χ0) is 34.2. The Kier molecular flexibility index (Phi) is 7.82. The van der Waals surface area contributed by atoms with Crippen molar-refractivity contribution >= 4 is 50.2 Å². The smallest absolute Gasteiger partial charge is 0.269 e. The molecule has 1 aromatic heterocycles. The summed E-state index contributed by atoms with van der Waals surface area (Å²) in [5.74, 6) is 0. The topological polar surface area (TPSA) is 72.1 Å². The average Bonchev–Trinajstić information content (AvgIpc) is 3.45. The van der Waals surface area contributed by atoms with Gasteiger partial charge in [0, 0.05) is 51.3 Å². The summed E-state index contributed by atoms with van der Waals surface area (Å²) in [6, 6.07) is 53.3. The molecule has 6 nitrogen and oxygen atoms in total. The van der Waals surface area contributed by atoms with Crippen molar-refractivity contribution in [1.82, 2.24) is 4.57 Å². The summed E-state index contributed by atoms with van der Waals surface area (Å²) in [6.45, 7) is 4.27. The molecule has 8 rings (SSSR count). The summed E-state index contributed by atoms with van der Waals surface area (Å²) >= 11 is 0. The maximum absolute atomic E-state index is 11.4. The number of fused-ring (bicyclic) bond motifs is 3. The molecule has 0 atom stereocenters. The van der Waals surface area contributed by atoms with Gasteiger partial charge in [-0.05, 0) is 120 Å². The van der Waals surface area contributed by atoms with Crippen LogP contribution < -0.4 is 10.6 Å². The van der Waals surface area contributed by atoms with Crippen LogP contribution >= 0.6 is 0 Å². The van der Waals surface area contributed by atoms with Crippen LogP contribution in [0.5, 0.6) is 0 Å². The Morgan fingerprint density at radius 2 is 0.960 bits per heavy atom. The Balaban J connectivity index is 1.21. The molecular weight excluding hydrogens is 617 g/mol. The van der Waals surface area contributed by atoms with E-state index in [1.807, 2.05) is 12.1 Å². The number of nitrogens with zero attached hydrogens (tertiary/aromatic N) is 2. The van der Waals surface area contributed by atoms with E-state index >= 15 is 0 Å². The minimum Gasteiger partial charge on any atom is -0.355 e. The maximum Gasteiger partial charge on any atom is 0.269 e. The number of hydrogen-bond donors (Lipinski definition) is 2. The summed E-state index contributed by atoms with van der Waals surface area (Å²) in [5.41, 5.74) is 14.1. The highest BCUT2D eigenvalue weighted by molar-refractivity contribution is 6.11. The first-order valence-corrected chi connectivity index (χ1v) is 16.6. The number of rotatable bonds is 8. The number of nitro groups is 1. The zero-order valence-corrected chi connectivity index (χ0v) is 27.7. The molecule has 0 saturated carbocycles. The van der Waals surface area contributed by atoms with Gasteiger partial charge in [-0.3, -0.25) is 10.1 Å². The molecule has 0 bridgehead atoms. The first-order chi connectivity index (χ1) is 24.4. The first kappa shape index (κ1) is 30.7. The van der Waals surface area contributed by atoms with Crippen LogP contribution in [-0.4, -0.2) is 9.49 Å². The number of nitrogens with one attached hydrogen (secondary N) is 2. The molecule has 1 heterocycles. The Morgan fingerprint density at radius 1 is 0.500 bits per heavy atom. The van der Waals surface area contributed by atoms with Crippen molar-refractivity contribution in [1.29, 1.82) is 0 Å². The van der Waals surface area contributed by atoms with Gasteiger partial charge in [0.15, 0.2) is 0 Å². The van der Waals surface area contributed by atoms with Crippen LogP contribution in [0.25, 0.3) is 49.7 Å². The third-order valence-electron chi connectivity index (χ3n) is 9.30. The summed E-state index contributed by atoms with van der Waals surface area (Å²) < 4.78 is 2.17. The number of benzene rings is 7. The first-order valence-electron chi connectivity index (χ1n) is 16.6. The minimum absolute atomic E-state index is 0.0633. The minimum atomic E-state index is -0.367. The second-order valence-electron chi connectivity index (χ2n) is 12.6. The van der Waals surface area contributed by atoms with E-state index in [-0.39, 0.29) is 10.6 Å². The second kappa shape index (κ2) is 12.7.